The van der Waals surface area contributed by atoms with Crippen LogP contribution in [-0.2, 0) is 4.79 Å². The predicted molar refractivity (Wildman–Crippen MR) is 92.1 cm³/mol. The Kier molecular flexibility index (Phi) is 5.20. The molecule has 1 aliphatic heterocycles. The second-order valence-corrected chi connectivity index (χ2v) is 7.20. The first-order chi connectivity index (χ1) is 12.6. The molecule has 0 saturated heterocycles. The Hall–Kier alpha value is -2.10. The first-order valence-electron chi connectivity index (χ1n) is 7.15. The molecular formula is C16H8Cl2F3NO4S. The van der Waals surface area contributed by atoms with Crippen molar-refractivity contribution in [1.29, 1.82) is 0 Å². The smallest absolute Gasteiger partial charge is 0.430 e. The number of carboxylic acids is 1. The summed E-state index contributed by atoms with van der Waals surface area (Å²) in [6.45, 7) is 0. The topological polar surface area (TPSA) is 73.5 Å². The number of benzene rings is 1. The number of rotatable bonds is 3. The van der Waals surface area contributed by atoms with E-state index in [1.807, 2.05) is 0 Å². The molecule has 1 aromatic heterocycles. The Balaban J connectivity index is 2.05. The summed E-state index contributed by atoms with van der Waals surface area (Å²) in [4.78, 5) is 11.4. The molecule has 0 amide bonds. The molecule has 0 saturated carbocycles. The molecule has 0 bridgehead atoms. The average Bonchev–Trinajstić information content (AvgIpc) is 2.56. The van der Waals surface area contributed by atoms with E-state index in [0.29, 0.717) is 4.73 Å². The van der Waals surface area contributed by atoms with E-state index in [2.05, 4.69) is 0 Å². The summed E-state index contributed by atoms with van der Waals surface area (Å²) in [5.74, 6) is -1.96. The maximum absolute atomic E-state index is 13.2. The fourth-order valence-electron chi connectivity index (χ4n) is 2.34. The van der Waals surface area contributed by atoms with E-state index >= 15 is 0 Å². The van der Waals surface area contributed by atoms with Crippen molar-refractivity contribution in [3.8, 4) is 5.75 Å². The van der Waals surface area contributed by atoms with Crippen LogP contribution >= 0.6 is 35.0 Å². The van der Waals surface area contributed by atoms with Gasteiger partial charge in [-0.15, -0.1) is 0 Å². The number of carboxylic acid groups (broad SMARTS) is 1. The van der Waals surface area contributed by atoms with Crippen LogP contribution in [0.15, 0.2) is 46.0 Å². The minimum absolute atomic E-state index is 0.0750. The summed E-state index contributed by atoms with van der Waals surface area (Å²) >= 11 is 13.0. The van der Waals surface area contributed by atoms with Gasteiger partial charge in [0.1, 0.15) is 10.8 Å². The number of hydrogen-bond acceptors (Lipinski definition) is 4. The summed E-state index contributed by atoms with van der Waals surface area (Å²) in [5, 5.41) is 21.2. The normalized spacial score (nSPS) is 16.3. The van der Waals surface area contributed by atoms with Gasteiger partial charge in [0, 0.05) is 16.5 Å². The maximum Gasteiger partial charge on any atom is 0.430 e. The molecule has 1 unspecified atom stereocenters. The van der Waals surface area contributed by atoms with Gasteiger partial charge in [-0.05, 0) is 36.0 Å². The predicted octanol–water partition coefficient (Wildman–Crippen LogP) is 4.57. The van der Waals surface area contributed by atoms with Gasteiger partial charge >= 0.3 is 12.1 Å². The molecule has 3 rings (SSSR count). The molecule has 0 radical (unpaired) electrons. The van der Waals surface area contributed by atoms with Crippen molar-refractivity contribution in [2.24, 2.45) is 0 Å². The summed E-state index contributed by atoms with van der Waals surface area (Å²) in [7, 11) is 0. The highest BCUT2D eigenvalue weighted by atomic mass is 35.5. The molecule has 142 valence electrons. The molecule has 11 heteroatoms. The van der Waals surface area contributed by atoms with Crippen LogP contribution in [0.4, 0.5) is 13.2 Å². The lowest BCUT2D eigenvalue weighted by Gasteiger charge is -2.27. The van der Waals surface area contributed by atoms with Gasteiger partial charge < -0.3 is 15.1 Å². The Morgan fingerprint density at radius 2 is 2.00 bits per heavy atom. The number of pyridine rings is 1. The van der Waals surface area contributed by atoms with Crippen LogP contribution in [0.5, 0.6) is 5.75 Å². The van der Waals surface area contributed by atoms with Crippen LogP contribution < -0.4 is 9.47 Å². The highest BCUT2D eigenvalue weighted by Crippen LogP contribution is 2.43. The molecule has 0 aliphatic carbocycles. The molecule has 1 aromatic carbocycles. The summed E-state index contributed by atoms with van der Waals surface area (Å²) in [6.07, 6.45) is -5.47. The quantitative estimate of drug-likeness (QED) is 0.562. The van der Waals surface area contributed by atoms with Crippen LogP contribution in [0.2, 0.25) is 10.0 Å². The molecule has 2 aromatic rings. The van der Waals surface area contributed by atoms with Crippen LogP contribution in [0, 0.1) is 5.21 Å². The number of aliphatic carboxylic acids is 1. The van der Waals surface area contributed by atoms with Crippen molar-refractivity contribution in [2.75, 3.05) is 0 Å². The fourth-order valence-corrected chi connectivity index (χ4v) is 3.75. The minimum Gasteiger partial charge on any atom is -0.618 e. The van der Waals surface area contributed by atoms with E-state index in [4.69, 9.17) is 33.0 Å². The first-order valence-corrected chi connectivity index (χ1v) is 8.72. The Morgan fingerprint density at radius 3 is 2.59 bits per heavy atom. The Morgan fingerprint density at radius 1 is 1.30 bits per heavy atom. The molecule has 1 atom stereocenters. The molecule has 1 N–H and O–H groups in total. The summed E-state index contributed by atoms with van der Waals surface area (Å²) in [6, 6.07) is 5.38. The Bertz CT molecular complexity index is 945. The number of carbonyl (C=O) groups is 1. The van der Waals surface area contributed by atoms with Gasteiger partial charge in [-0.3, -0.25) is 0 Å². The van der Waals surface area contributed by atoms with Crippen LogP contribution in [-0.4, -0.2) is 23.4 Å². The lowest BCUT2D eigenvalue weighted by atomic mass is 10.0. The van der Waals surface area contributed by atoms with Gasteiger partial charge in [-0.1, -0.05) is 23.2 Å². The lowest BCUT2D eigenvalue weighted by Crippen LogP contribution is -2.40. The number of nitrogens with zero attached hydrogens (tertiary/aromatic N) is 1. The standard InChI is InChI=1S/C16H8Cl2F3NO4S/c17-9-2-1-3-22(25)14(9)27-12-6-11-7(5-10(12)18)4-8(15(23)24)13(26-11)16(19,20)21/h1-6,13H,(H,23,24). The van der Waals surface area contributed by atoms with Crippen molar-refractivity contribution in [2.45, 2.75) is 22.2 Å². The van der Waals surface area contributed by atoms with Crippen molar-refractivity contribution in [1.82, 2.24) is 0 Å². The average molecular weight is 438 g/mol. The van der Waals surface area contributed by atoms with E-state index in [1.165, 1.54) is 30.5 Å². The lowest BCUT2D eigenvalue weighted by molar-refractivity contribution is -0.645. The monoisotopic (exact) mass is 437 g/mol. The zero-order valence-electron chi connectivity index (χ0n) is 13.0. The van der Waals surface area contributed by atoms with Gasteiger partial charge in [0.2, 0.25) is 6.10 Å². The van der Waals surface area contributed by atoms with Crippen LogP contribution in [0.3, 0.4) is 0 Å². The third-order valence-corrected chi connectivity index (χ3v) is 5.51. The van der Waals surface area contributed by atoms with Crippen LogP contribution in [0.1, 0.15) is 5.56 Å². The van der Waals surface area contributed by atoms with Gasteiger partial charge in [0.05, 0.1) is 10.6 Å². The largest absolute Gasteiger partial charge is 0.618 e. The van der Waals surface area contributed by atoms with E-state index in [-0.39, 0.29) is 31.3 Å². The van der Waals surface area contributed by atoms with Crippen molar-refractivity contribution >= 4 is 47.0 Å². The SMILES string of the molecule is O=C(O)C1=Cc2cc(Cl)c(Sc3c(Cl)ccc[n+]3[O-])cc2OC1C(F)(F)F. The van der Waals surface area contributed by atoms with E-state index in [1.54, 1.807) is 0 Å². The maximum atomic E-state index is 13.2. The van der Waals surface area contributed by atoms with Crippen LogP contribution in [0.25, 0.3) is 6.08 Å². The third-order valence-electron chi connectivity index (χ3n) is 3.52. The number of hydrogen-bond donors (Lipinski definition) is 1. The highest BCUT2D eigenvalue weighted by molar-refractivity contribution is 7.99. The molecule has 0 spiro atoms. The van der Waals surface area contributed by atoms with Gasteiger partial charge in [0.15, 0.2) is 6.20 Å². The van der Waals surface area contributed by atoms with Gasteiger partial charge in [0.25, 0.3) is 5.03 Å². The molecule has 5 nitrogen and oxygen atoms in total. The summed E-state index contributed by atoms with van der Waals surface area (Å²) < 4.78 is 44.9. The molecule has 27 heavy (non-hydrogen) atoms. The summed E-state index contributed by atoms with van der Waals surface area (Å²) in [5.41, 5.74) is -0.869. The van der Waals surface area contributed by atoms with E-state index < -0.39 is 23.8 Å². The molecule has 0 fully saturated rings. The number of halogens is 5. The van der Waals surface area contributed by atoms with Gasteiger partial charge in [-0.25, -0.2) is 4.79 Å². The zero-order valence-corrected chi connectivity index (χ0v) is 15.3. The fraction of sp³-hybridized carbons (Fsp3) is 0.125. The Labute approximate surface area is 164 Å². The third kappa shape index (κ3) is 3.95. The van der Waals surface area contributed by atoms with Gasteiger partial charge in [-0.2, -0.15) is 17.9 Å². The second kappa shape index (κ2) is 7.14. The molecule has 2 heterocycles. The number of fused-ring (bicyclic) bond motifs is 1. The number of aromatic nitrogens is 1. The molecule has 1 aliphatic rings. The van der Waals surface area contributed by atoms with Crippen molar-refractivity contribution in [3.05, 3.63) is 56.9 Å². The molecular weight excluding hydrogens is 430 g/mol. The van der Waals surface area contributed by atoms with Crippen molar-refractivity contribution in [3.63, 3.8) is 0 Å². The highest BCUT2D eigenvalue weighted by Gasteiger charge is 2.48. The number of alkyl halides is 3. The van der Waals surface area contributed by atoms with E-state index in [9.17, 15) is 23.2 Å². The second-order valence-electron chi connectivity index (χ2n) is 5.35. The zero-order chi connectivity index (χ0) is 19.9. The first kappa shape index (κ1) is 19.7. The number of ether oxygens (including phenoxy) is 1. The van der Waals surface area contributed by atoms with E-state index in [0.717, 1.165) is 17.8 Å². The minimum atomic E-state index is -4.92. The van der Waals surface area contributed by atoms with Crippen molar-refractivity contribution < 1.29 is 32.5 Å².